The van der Waals surface area contributed by atoms with E-state index in [4.69, 9.17) is 40.1 Å². The lowest BCUT2D eigenvalue weighted by Gasteiger charge is -2.25. The number of rotatable bonds is 56. The van der Waals surface area contributed by atoms with Crippen LogP contribution in [-0.2, 0) is 91.1 Å². The fourth-order valence-corrected chi connectivity index (χ4v) is 9.57. The van der Waals surface area contributed by atoms with E-state index in [0.29, 0.717) is 12.8 Å². The Morgan fingerprint density at radius 2 is 0.634 bits per heavy atom. The predicted molar refractivity (Wildman–Crippen MR) is 403 cm³/mol. The Balaban J connectivity index is 5.83. The Morgan fingerprint density at radius 1 is 0.330 bits per heavy atom. The molecule has 12 atom stereocenters. The van der Waals surface area contributed by atoms with Crippen LogP contribution in [0.5, 0.6) is 0 Å². The average Bonchev–Trinajstić information content (AvgIpc) is 0.869. The number of aliphatic imine (C=N–C) groups is 2. The van der Waals surface area contributed by atoms with Crippen molar-refractivity contribution in [1.82, 2.24) is 95.7 Å². The minimum atomic E-state index is -1.56. The van der Waals surface area contributed by atoms with Crippen LogP contribution < -0.4 is 136 Å². The van der Waals surface area contributed by atoms with Crippen molar-refractivity contribution in [3.63, 3.8) is 0 Å². The van der Waals surface area contributed by atoms with Gasteiger partial charge in [0.05, 0.1) is 72.1 Å². The molecule has 34 N–H and O–H groups in total. The van der Waals surface area contributed by atoms with Gasteiger partial charge in [-0.2, -0.15) is 12.6 Å². The lowest BCUT2D eigenvalue weighted by molar-refractivity contribution is -0.134. The zero-order valence-electron chi connectivity index (χ0n) is 63.4. The molecule has 632 valence electrons. The number of aliphatic hydroxyl groups excluding tert-OH is 2. The number of nitrogens with one attached hydrogen (secondary N) is 18. The topological polar surface area (TPSA) is 788 Å². The molecule has 0 aliphatic carbocycles. The highest BCUT2D eigenvalue weighted by atomic mass is 32.1. The van der Waals surface area contributed by atoms with Crippen LogP contribution in [0.3, 0.4) is 0 Å². The maximum atomic E-state index is 13.6. The molecule has 0 fully saturated rings. The Labute approximate surface area is 650 Å². The first kappa shape index (κ1) is 101. The van der Waals surface area contributed by atoms with Crippen LogP contribution in [-0.4, -0.2) is 292 Å². The summed E-state index contributed by atoms with van der Waals surface area (Å²) in [5.74, 6) is -18.1. The number of nitrogens with zero attached hydrogens (tertiary/aromatic N) is 2. The van der Waals surface area contributed by atoms with Crippen molar-refractivity contribution in [3.05, 3.63) is 0 Å². The highest BCUT2D eigenvalue weighted by molar-refractivity contribution is 7.80. The average molecular weight is 1620 g/mol. The zero-order valence-corrected chi connectivity index (χ0v) is 64.3. The highest BCUT2D eigenvalue weighted by Crippen LogP contribution is 2.11. The van der Waals surface area contributed by atoms with Crippen molar-refractivity contribution in [2.45, 2.75) is 160 Å². The SMILES string of the molecule is CC[C@@H](C)[C@H](NC(=O)CN)C(=O)N[C@@H](CO)C(=O)NCC(=O)NCC(=O)N[C@@H](CCCN=C(N)N)C(=O)N[C@@H](C)C(=O)NCC(=O)NCCCCC(NC(=O)CNC(=O)[C@H](C)NC(=O)[C@H](CCCN=C(N)N)NC(=O)CNC(=O)CNC(=O)[C@H](CO)NC(=O)[C@@H](NC(=O)CN)[C@H](C)CC)C(=O)NCC(=O)NC(CS)C(N)=O. The lowest BCUT2D eigenvalue weighted by atomic mass is 9.98. The molecule has 0 rings (SSSR count). The monoisotopic (exact) mass is 1620 g/mol. The third kappa shape index (κ3) is 43.2. The summed E-state index contributed by atoms with van der Waals surface area (Å²) < 4.78 is 0. The van der Waals surface area contributed by atoms with Crippen LogP contribution in [0.2, 0.25) is 0 Å². The van der Waals surface area contributed by atoms with E-state index < -0.39 is 257 Å². The van der Waals surface area contributed by atoms with Gasteiger partial charge >= 0.3 is 0 Å². The second-order valence-corrected chi connectivity index (χ2v) is 25.5. The number of carbonyl (C=O) groups excluding carboxylic acids is 19. The minimum Gasteiger partial charge on any atom is -0.394 e. The van der Waals surface area contributed by atoms with Gasteiger partial charge < -0.3 is 146 Å². The van der Waals surface area contributed by atoms with E-state index in [0.717, 1.165) is 0 Å². The molecule has 2 unspecified atom stereocenters. The van der Waals surface area contributed by atoms with Gasteiger partial charge in [0.1, 0.15) is 60.4 Å². The second kappa shape index (κ2) is 56.0. The first-order valence-electron chi connectivity index (χ1n) is 35.6. The molecule has 0 radical (unpaired) electrons. The van der Waals surface area contributed by atoms with Gasteiger partial charge in [-0.3, -0.25) is 101 Å². The summed E-state index contributed by atoms with van der Waals surface area (Å²) in [6, 6.07) is -13.4. The number of hydrogen-bond donors (Lipinski definition) is 28. The van der Waals surface area contributed by atoms with E-state index in [-0.39, 0.29) is 82.3 Å². The first-order chi connectivity index (χ1) is 52.8. The van der Waals surface area contributed by atoms with Crippen LogP contribution in [0.25, 0.3) is 0 Å². The van der Waals surface area contributed by atoms with Crippen molar-refractivity contribution in [2.24, 2.45) is 62.0 Å². The number of hydrogen-bond acceptors (Lipinski definition) is 26. The summed E-state index contributed by atoms with van der Waals surface area (Å²) in [5.41, 5.74) is 37.6. The van der Waals surface area contributed by atoms with E-state index in [1.807, 2.05) is 0 Å². The number of unbranched alkanes of at least 4 members (excludes halogenated alkanes) is 1. The number of thiol groups is 1. The van der Waals surface area contributed by atoms with Crippen molar-refractivity contribution >= 4 is 137 Å². The van der Waals surface area contributed by atoms with E-state index in [2.05, 4.69) is 118 Å². The molecule has 0 aromatic heterocycles. The molecule has 0 saturated carbocycles. The third-order valence-corrected chi connectivity index (χ3v) is 16.5. The fourth-order valence-electron chi connectivity index (χ4n) is 9.30. The molecule has 0 aromatic carbocycles. The maximum Gasteiger partial charge on any atom is 0.245 e. The summed E-state index contributed by atoms with van der Waals surface area (Å²) in [6.07, 6.45) is 0.918. The number of amides is 19. The molecule has 0 bridgehead atoms. The van der Waals surface area contributed by atoms with E-state index in [9.17, 15) is 101 Å². The Hall–Kier alpha value is -11.3. The van der Waals surface area contributed by atoms with Crippen molar-refractivity contribution in [1.29, 1.82) is 0 Å². The zero-order chi connectivity index (χ0) is 85.2. The van der Waals surface area contributed by atoms with Gasteiger partial charge in [-0.05, 0) is 70.6 Å². The quantitative estimate of drug-likeness (QED) is 0.0116. The van der Waals surface area contributed by atoms with Gasteiger partial charge in [0.25, 0.3) is 0 Å². The van der Waals surface area contributed by atoms with E-state index >= 15 is 0 Å². The molecular formula is C63H113N27O21S. The van der Waals surface area contributed by atoms with Crippen LogP contribution in [0.1, 0.15) is 99.3 Å². The number of carbonyl (C=O) groups is 19. The Kier molecular flexibility index (Phi) is 50.3. The van der Waals surface area contributed by atoms with Crippen LogP contribution in [0.4, 0.5) is 0 Å². The Morgan fingerprint density at radius 3 is 0.955 bits per heavy atom. The van der Waals surface area contributed by atoms with E-state index in [1.165, 1.54) is 13.8 Å². The van der Waals surface area contributed by atoms with Gasteiger partial charge in [-0.25, -0.2) is 0 Å². The van der Waals surface area contributed by atoms with Gasteiger partial charge in [-0.1, -0.05) is 40.5 Å². The Bertz CT molecular complexity index is 3270. The molecule has 0 spiro atoms. The number of aliphatic hydroxyl groups is 2. The summed E-state index contributed by atoms with van der Waals surface area (Å²) >= 11 is 3.96. The molecular weight excluding hydrogens is 1500 g/mol. The third-order valence-electron chi connectivity index (χ3n) is 16.1. The molecule has 19 amide bonds. The summed E-state index contributed by atoms with van der Waals surface area (Å²) in [5, 5.41) is 61.8. The first-order valence-corrected chi connectivity index (χ1v) is 36.2. The summed E-state index contributed by atoms with van der Waals surface area (Å²) in [4.78, 5) is 252. The number of nitrogens with two attached hydrogens (primary N) is 7. The molecule has 0 saturated heterocycles. The van der Waals surface area contributed by atoms with Gasteiger partial charge in [-0.15, -0.1) is 0 Å². The standard InChI is InChI=1S/C63H113N27O21S/c1-7-31(3)50(89-41(93)19-64)60(110)87-38(28-91)56(106)78-22-44(96)74-24-46(98)84-36(14-11-17-72-62(67)68)58(108)81-33(5)53(103)76-21-43(95)71-16-10-9-13-35(55(105)80-27-49(101)86-40(30-112)52(66)102)83-48(100)26-77-54(104)34(6)82-59(109)37(15-12-18-73-63(69)70)85-47(99)25-75-45(97)23-79-57(107)39(29-92)88-61(111)51(32(4)8-2)90-42(94)20-65/h31-40,50-51,91-92,112H,7-30,64-65H2,1-6H3,(H2,66,102)(H,71,95)(H,74,96)(H,75,97)(H,76,103)(H,77,104)(H,78,106)(H,79,107)(H,80,105)(H,81,108)(H,82,109)(H,83,100)(H,84,98)(H,85,99)(H,86,101)(H,87,110)(H,88,111)(H,89,93)(H,90,94)(H4,67,68,72)(H4,69,70,73)/t31-,32-,33+,34+,35?,36+,37+,38+,39+,40?,50+,51+/m1/s1. The molecule has 0 aromatic rings. The second-order valence-electron chi connectivity index (χ2n) is 25.2. The van der Waals surface area contributed by atoms with Crippen LogP contribution >= 0.6 is 12.6 Å². The van der Waals surface area contributed by atoms with E-state index in [1.54, 1.807) is 27.7 Å². The van der Waals surface area contributed by atoms with Gasteiger partial charge in [0, 0.05) is 25.4 Å². The van der Waals surface area contributed by atoms with Gasteiger partial charge in [0.2, 0.25) is 112 Å². The lowest BCUT2D eigenvalue weighted by Crippen LogP contribution is -2.58. The maximum absolute atomic E-state index is 13.6. The normalized spacial score (nSPS) is 13.9. The predicted octanol–water partition coefficient (Wildman–Crippen LogP) is -15.5. The molecule has 0 aliphatic rings. The van der Waals surface area contributed by atoms with Crippen molar-refractivity contribution < 1.29 is 101 Å². The largest absolute Gasteiger partial charge is 0.394 e. The minimum absolute atomic E-state index is 0.00960. The van der Waals surface area contributed by atoms with Crippen LogP contribution in [0, 0.1) is 11.8 Å². The highest BCUT2D eigenvalue weighted by Gasteiger charge is 2.34. The summed E-state index contributed by atoms with van der Waals surface area (Å²) in [6.45, 7) is 1.50. The fraction of sp³-hybridized carbons (Fsp3) is 0.667. The molecule has 0 heterocycles. The molecule has 112 heavy (non-hydrogen) atoms. The number of primary amides is 1. The molecule has 0 aliphatic heterocycles. The summed E-state index contributed by atoms with van der Waals surface area (Å²) in [7, 11) is 0. The smallest absolute Gasteiger partial charge is 0.245 e. The van der Waals surface area contributed by atoms with Crippen molar-refractivity contribution in [2.75, 3.05) is 97.5 Å². The molecule has 49 heteroatoms. The van der Waals surface area contributed by atoms with Crippen LogP contribution in [0.15, 0.2) is 9.98 Å². The van der Waals surface area contributed by atoms with Crippen molar-refractivity contribution in [3.8, 4) is 0 Å². The molecule has 48 nitrogen and oxygen atoms in total. The van der Waals surface area contributed by atoms with Gasteiger partial charge in [0.15, 0.2) is 11.9 Å². The number of guanidine groups is 2.